The van der Waals surface area contributed by atoms with Crippen LogP contribution in [0.25, 0.3) is 11.8 Å². The first kappa shape index (κ1) is 32.0. The molecule has 48 heavy (non-hydrogen) atoms. The number of nitrogens with zero attached hydrogens (tertiary/aromatic N) is 3. The minimum atomic E-state index is -0.795. The Balaban J connectivity index is 1.45. The number of hydrogen-bond donors (Lipinski definition) is 0. The molecule has 10 heteroatoms. The highest BCUT2D eigenvalue weighted by atomic mass is 32.1. The normalized spacial score (nSPS) is 14.0. The van der Waals surface area contributed by atoms with Gasteiger partial charge in [0.15, 0.2) is 16.3 Å². The minimum absolute atomic E-state index is 0.166. The molecule has 0 fully saturated rings. The molecule has 240 valence electrons. The average Bonchev–Trinajstić information content (AvgIpc) is 3.44. The number of carbonyl (C=O) groups is 1. The van der Waals surface area contributed by atoms with Crippen LogP contribution in [0.5, 0.6) is 17.2 Å². The molecule has 4 aromatic carbocycles. The molecule has 2 heterocycles. The number of carbonyl (C=O) groups excluding carboxylic acids is 1. The summed E-state index contributed by atoms with van der Waals surface area (Å²) in [5.41, 5.74) is 4.08. The van der Waals surface area contributed by atoms with Gasteiger partial charge in [-0.05, 0) is 66.1 Å². The predicted octanol–water partition coefficient (Wildman–Crippen LogP) is 5.40. The molecule has 0 saturated carbocycles. The molecular formula is C38H31N3O6S. The van der Waals surface area contributed by atoms with E-state index in [9.17, 15) is 9.59 Å². The largest absolute Gasteiger partial charge is 0.497 e. The lowest BCUT2D eigenvalue weighted by molar-refractivity contribution is -0.138. The molecule has 0 radical (unpaired) electrons. The summed E-state index contributed by atoms with van der Waals surface area (Å²) in [7, 11) is 3.14. The smallest absolute Gasteiger partial charge is 0.338 e. The van der Waals surface area contributed by atoms with E-state index in [0.29, 0.717) is 43.4 Å². The van der Waals surface area contributed by atoms with Gasteiger partial charge in [0.05, 0.1) is 54.3 Å². The van der Waals surface area contributed by atoms with Gasteiger partial charge in [-0.25, -0.2) is 9.79 Å². The van der Waals surface area contributed by atoms with E-state index in [4.69, 9.17) is 29.2 Å². The SMILES string of the molecule is CCOC(=O)C1=C(c2ccccc2)N=c2s/c(=C\c3ccc(OCc4ccc(C#N)cc4)c(OC)c3)c(=O)n2[C@@H]1c1ccc(OC)cc1. The van der Waals surface area contributed by atoms with Crippen LogP contribution < -0.4 is 29.1 Å². The first-order valence-electron chi connectivity index (χ1n) is 15.2. The molecular weight excluding hydrogens is 627 g/mol. The van der Waals surface area contributed by atoms with Crippen LogP contribution in [0.2, 0.25) is 0 Å². The highest BCUT2D eigenvalue weighted by molar-refractivity contribution is 7.07. The maximum atomic E-state index is 14.2. The highest BCUT2D eigenvalue weighted by Gasteiger charge is 2.35. The van der Waals surface area contributed by atoms with Crippen LogP contribution in [-0.4, -0.2) is 31.4 Å². The number of esters is 1. The van der Waals surface area contributed by atoms with E-state index >= 15 is 0 Å². The van der Waals surface area contributed by atoms with Gasteiger partial charge in [0.1, 0.15) is 12.4 Å². The van der Waals surface area contributed by atoms with Crippen LogP contribution in [0.1, 0.15) is 40.8 Å². The van der Waals surface area contributed by atoms with Crippen LogP contribution in [0.4, 0.5) is 0 Å². The van der Waals surface area contributed by atoms with Gasteiger partial charge in [0.2, 0.25) is 0 Å². The van der Waals surface area contributed by atoms with Crippen LogP contribution in [-0.2, 0) is 16.1 Å². The lowest BCUT2D eigenvalue weighted by Crippen LogP contribution is -2.40. The Hall–Kier alpha value is -5.92. The fourth-order valence-corrected chi connectivity index (χ4v) is 6.42. The zero-order valence-electron chi connectivity index (χ0n) is 26.5. The molecule has 5 aromatic rings. The molecule has 0 bridgehead atoms. The molecule has 0 unspecified atom stereocenters. The molecule has 1 atom stereocenters. The van der Waals surface area contributed by atoms with E-state index < -0.39 is 12.0 Å². The number of nitriles is 1. The Labute approximate surface area is 280 Å². The number of thiazole rings is 1. The summed E-state index contributed by atoms with van der Waals surface area (Å²) in [5, 5.41) is 9.05. The third-order valence-electron chi connectivity index (χ3n) is 7.77. The summed E-state index contributed by atoms with van der Waals surface area (Å²) in [6.45, 7) is 2.20. The number of ether oxygens (including phenoxy) is 4. The van der Waals surface area contributed by atoms with Crippen molar-refractivity contribution in [2.24, 2.45) is 4.99 Å². The van der Waals surface area contributed by atoms with E-state index in [1.165, 1.54) is 11.3 Å². The molecule has 6 rings (SSSR count). The second-order valence-corrected chi connectivity index (χ2v) is 11.7. The van der Waals surface area contributed by atoms with Crippen LogP contribution >= 0.6 is 11.3 Å². The Morgan fingerprint density at radius 2 is 1.71 bits per heavy atom. The lowest BCUT2D eigenvalue weighted by Gasteiger charge is -2.26. The number of aromatic nitrogens is 1. The molecule has 0 amide bonds. The minimum Gasteiger partial charge on any atom is -0.497 e. The fourth-order valence-electron chi connectivity index (χ4n) is 5.42. The molecule has 1 aliphatic heterocycles. The summed E-state index contributed by atoms with van der Waals surface area (Å²) < 4.78 is 24.5. The van der Waals surface area contributed by atoms with Crippen molar-refractivity contribution in [3.8, 4) is 23.3 Å². The van der Waals surface area contributed by atoms with Crippen LogP contribution in [0.15, 0.2) is 112 Å². The van der Waals surface area contributed by atoms with Crippen molar-refractivity contribution in [2.75, 3.05) is 20.8 Å². The average molecular weight is 658 g/mol. The van der Waals surface area contributed by atoms with E-state index in [2.05, 4.69) is 6.07 Å². The first-order valence-corrected chi connectivity index (χ1v) is 16.0. The predicted molar refractivity (Wildman–Crippen MR) is 183 cm³/mol. The van der Waals surface area contributed by atoms with Crippen molar-refractivity contribution in [1.82, 2.24) is 4.57 Å². The Kier molecular flexibility index (Phi) is 9.50. The number of hydrogen-bond acceptors (Lipinski definition) is 9. The molecule has 1 aliphatic rings. The Bertz CT molecular complexity index is 2210. The summed E-state index contributed by atoms with van der Waals surface area (Å²) >= 11 is 1.24. The lowest BCUT2D eigenvalue weighted by atomic mass is 9.93. The van der Waals surface area contributed by atoms with Gasteiger partial charge in [-0.15, -0.1) is 0 Å². The third-order valence-corrected chi connectivity index (χ3v) is 8.75. The first-order chi connectivity index (χ1) is 23.4. The van der Waals surface area contributed by atoms with Gasteiger partial charge >= 0.3 is 5.97 Å². The number of benzene rings is 4. The van der Waals surface area contributed by atoms with Crippen molar-refractivity contribution in [2.45, 2.75) is 19.6 Å². The Morgan fingerprint density at radius 3 is 2.38 bits per heavy atom. The van der Waals surface area contributed by atoms with Crippen molar-refractivity contribution in [3.05, 3.63) is 150 Å². The molecule has 0 N–H and O–H groups in total. The van der Waals surface area contributed by atoms with Gasteiger partial charge < -0.3 is 18.9 Å². The molecule has 1 aromatic heterocycles. The van der Waals surface area contributed by atoms with Gasteiger partial charge in [0.25, 0.3) is 5.56 Å². The second kappa shape index (κ2) is 14.2. The van der Waals surface area contributed by atoms with Gasteiger partial charge in [-0.2, -0.15) is 5.26 Å². The second-order valence-electron chi connectivity index (χ2n) is 10.7. The maximum Gasteiger partial charge on any atom is 0.338 e. The number of fused-ring (bicyclic) bond motifs is 1. The third kappa shape index (κ3) is 6.49. The van der Waals surface area contributed by atoms with Gasteiger partial charge in [0, 0.05) is 5.56 Å². The maximum absolute atomic E-state index is 14.2. The van der Waals surface area contributed by atoms with E-state index in [1.807, 2.05) is 60.7 Å². The zero-order valence-corrected chi connectivity index (χ0v) is 27.3. The number of methoxy groups -OCH3 is 2. The molecule has 0 aliphatic carbocycles. The summed E-state index contributed by atoms with van der Waals surface area (Å²) in [6, 6.07) is 30.6. The molecule has 0 spiro atoms. The Morgan fingerprint density at radius 1 is 0.958 bits per heavy atom. The quantitative estimate of drug-likeness (QED) is 0.185. The molecule has 9 nitrogen and oxygen atoms in total. The monoisotopic (exact) mass is 657 g/mol. The van der Waals surface area contributed by atoms with E-state index in [-0.39, 0.29) is 24.3 Å². The zero-order chi connectivity index (χ0) is 33.6. The van der Waals surface area contributed by atoms with Crippen molar-refractivity contribution in [3.63, 3.8) is 0 Å². The van der Waals surface area contributed by atoms with E-state index in [1.54, 1.807) is 68.2 Å². The van der Waals surface area contributed by atoms with Crippen LogP contribution in [0, 0.1) is 11.3 Å². The highest BCUT2D eigenvalue weighted by Crippen LogP contribution is 2.36. The van der Waals surface area contributed by atoms with Crippen molar-refractivity contribution in [1.29, 1.82) is 5.26 Å². The standard InChI is InChI=1S/C38H31N3O6S/c1-4-46-37(43)33-34(27-8-6-5-7-9-27)40-38-41(35(33)28-15-17-29(44-2)18-16-28)36(42)32(48-38)21-26-14-19-30(31(20-26)45-3)47-23-25-12-10-24(22-39)11-13-25/h5-21,35H,4,23H2,1-3H3/b32-21-/t35-/m1/s1. The number of rotatable bonds is 10. The van der Waals surface area contributed by atoms with E-state index in [0.717, 1.165) is 16.7 Å². The van der Waals surface area contributed by atoms with Gasteiger partial charge in [-0.1, -0.05) is 72.0 Å². The summed E-state index contributed by atoms with van der Waals surface area (Å²) in [4.78, 5) is 33.2. The van der Waals surface area contributed by atoms with Crippen LogP contribution in [0.3, 0.4) is 0 Å². The van der Waals surface area contributed by atoms with Crippen molar-refractivity contribution >= 4 is 29.1 Å². The topological polar surface area (TPSA) is 112 Å². The van der Waals surface area contributed by atoms with Crippen molar-refractivity contribution < 1.29 is 23.7 Å². The summed E-state index contributed by atoms with van der Waals surface area (Å²) in [5.74, 6) is 1.13. The fraction of sp³-hybridized carbons (Fsp3) is 0.158. The summed E-state index contributed by atoms with van der Waals surface area (Å²) in [6.07, 6.45) is 1.78. The molecule has 0 saturated heterocycles. The van der Waals surface area contributed by atoms with Gasteiger partial charge in [-0.3, -0.25) is 9.36 Å².